The highest BCUT2D eigenvalue weighted by Gasteiger charge is 2.36. The van der Waals surface area contributed by atoms with E-state index in [0.29, 0.717) is 0 Å². The summed E-state index contributed by atoms with van der Waals surface area (Å²) in [5.74, 6) is 0. The molecule has 1 aliphatic heterocycles. The summed E-state index contributed by atoms with van der Waals surface area (Å²) in [7, 11) is 2.14. The van der Waals surface area contributed by atoms with Crippen LogP contribution in [0.25, 0.3) is 0 Å². The predicted molar refractivity (Wildman–Crippen MR) is 74.4 cm³/mol. The van der Waals surface area contributed by atoms with Gasteiger partial charge in [0.1, 0.15) is 0 Å². The first-order valence-electron chi connectivity index (χ1n) is 6.63. The van der Waals surface area contributed by atoms with Gasteiger partial charge in [-0.15, -0.1) is 0 Å². The van der Waals surface area contributed by atoms with E-state index in [0.717, 1.165) is 19.6 Å². The third kappa shape index (κ3) is 2.91. The highest BCUT2D eigenvalue weighted by molar-refractivity contribution is 5.15. The lowest BCUT2D eigenvalue weighted by Crippen LogP contribution is -2.62. The van der Waals surface area contributed by atoms with Crippen LogP contribution in [0.4, 0.5) is 0 Å². The third-order valence-corrected chi connectivity index (χ3v) is 4.06. The van der Waals surface area contributed by atoms with Crippen molar-refractivity contribution in [1.82, 2.24) is 9.80 Å². The second kappa shape index (κ2) is 5.39. The topological polar surface area (TPSA) is 26.7 Å². The van der Waals surface area contributed by atoms with Gasteiger partial charge in [-0.3, -0.25) is 9.80 Å². The number of hydrogen-bond acceptors (Lipinski definition) is 3. The maximum atomic E-state index is 9.56. The van der Waals surface area contributed by atoms with Gasteiger partial charge in [-0.2, -0.15) is 0 Å². The first-order chi connectivity index (χ1) is 8.53. The zero-order valence-corrected chi connectivity index (χ0v) is 11.6. The van der Waals surface area contributed by atoms with E-state index in [2.05, 4.69) is 55.0 Å². The molecule has 1 fully saturated rings. The molecule has 1 aromatic rings. The standard InChI is InChI=1S/C15H24N2O/c1-15(2)12-17(14(11-18)10-16(15)3)9-13-7-5-4-6-8-13/h4-8,14,18H,9-12H2,1-3H3. The Morgan fingerprint density at radius 2 is 1.94 bits per heavy atom. The van der Waals surface area contributed by atoms with Gasteiger partial charge in [0.25, 0.3) is 0 Å². The number of piperazine rings is 1. The summed E-state index contributed by atoms with van der Waals surface area (Å²) in [6.45, 7) is 7.59. The number of rotatable bonds is 3. The van der Waals surface area contributed by atoms with Crippen molar-refractivity contribution in [2.24, 2.45) is 0 Å². The van der Waals surface area contributed by atoms with Gasteiger partial charge in [0, 0.05) is 31.2 Å². The van der Waals surface area contributed by atoms with E-state index in [-0.39, 0.29) is 18.2 Å². The number of benzene rings is 1. The van der Waals surface area contributed by atoms with Gasteiger partial charge in [-0.25, -0.2) is 0 Å². The van der Waals surface area contributed by atoms with Crippen molar-refractivity contribution in [3.63, 3.8) is 0 Å². The van der Waals surface area contributed by atoms with E-state index in [1.165, 1.54) is 5.56 Å². The Labute approximate surface area is 110 Å². The molecule has 0 bridgehead atoms. The maximum absolute atomic E-state index is 9.56. The Hall–Kier alpha value is -0.900. The molecule has 1 aliphatic rings. The van der Waals surface area contributed by atoms with Gasteiger partial charge < -0.3 is 5.11 Å². The average molecular weight is 248 g/mol. The van der Waals surface area contributed by atoms with Crippen LogP contribution in [0.1, 0.15) is 19.4 Å². The van der Waals surface area contributed by atoms with Crippen molar-refractivity contribution < 1.29 is 5.11 Å². The Bertz CT molecular complexity index is 377. The van der Waals surface area contributed by atoms with Crippen molar-refractivity contribution in [2.45, 2.75) is 32.0 Å². The van der Waals surface area contributed by atoms with Crippen LogP contribution in [0.15, 0.2) is 30.3 Å². The summed E-state index contributed by atoms with van der Waals surface area (Å²) >= 11 is 0. The van der Waals surface area contributed by atoms with Crippen molar-refractivity contribution >= 4 is 0 Å². The largest absolute Gasteiger partial charge is 0.395 e. The number of aliphatic hydroxyl groups is 1. The van der Waals surface area contributed by atoms with Gasteiger partial charge in [-0.1, -0.05) is 30.3 Å². The van der Waals surface area contributed by atoms with E-state index in [1.807, 2.05) is 6.07 Å². The normalized spacial score (nSPS) is 25.2. The lowest BCUT2D eigenvalue weighted by atomic mass is 9.96. The Kier molecular flexibility index (Phi) is 4.05. The smallest absolute Gasteiger partial charge is 0.0599 e. The molecule has 0 amide bonds. The first-order valence-corrected chi connectivity index (χ1v) is 6.63. The van der Waals surface area contributed by atoms with Crippen LogP contribution in [-0.4, -0.2) is 53.2 Å². The van der Waals surface area contributed by atoms with Crippen LogP contribution in [0.5, 0.6) is 0 Å². The molecule has 18 heavy (non-hydrogen) atoms. The molecule has 3 nitrogen and oxygen atoms in total. The van der Waals surface area contributed by atoms with Crippen LogP contribution in [0.3, 0.4) is 0 Å². The Balaban J connectivity index is 2.10. The minimum atomic E-state index is 0.167. The zero-order chi connectivity index (χ0) is 13.2. The summed E-state index contributed by atoms with van der Waals surface area (Å²) in [5.41, 5.74) is 1.48. The Morgan fingerprint density at radius 1 is 1.28 bits per heavy atom. The van der Waals surface area contributed by atoms with Gasteiger partial charge in [0.15, 0.2) is 0 Å². The molecule has 3 heteroatoms. The van der Waals surface area contributed by atoms with Crippen LogP contribution < -0.4 is 0 Å². The van der Waals surface area contributed by atoms with Crippen molar-refractivity contribution in [3.05, 3.63) is 35.9 Å². The summed E-state index contributed by atoms with van der Waals surface area (Å²) < 4.78 is 0. The Morgan fingerprint density at radius 3 is 2.56 bits per heavy atom. The van der Waals surface area contributed by atoms with Gasteiger partial charge in [0.2, 0.25) is 0 Å². The van der Waals surface area contributed by atoms with Crippen LogP contribution in [0.2, 0.25) is 0 Å². The van der Waals surface area contributed by atoms with E-state index in [9.17, 15) is 5.11 Å². The third-order valence-electron chi connectivity index (χ3n) is 4.06. The van der Waals surface area contributed by atoms with Crippen LogP contribution in [0, 0.1) is 0 Å². The molecule has 100 valence electrons. The van der Waals surface area contributed by atoms with Crippen molar-refractivity contribution in [3.8, 4) is 0 Å². The summed E-state index contributed by atoms with van der Waals surface area (Å²) in [6.07, 6.45) is 0. The van der Waals surface area contributed by atoms with Gasteiger partial charge in [-0.05, 0) is 26.5 Å². The first kappa shape index (κ1) is 13.5. The molecule has 1 N–H and O–H groups in total. The molecule has 0 radical (unpaired) electrons. The summed E-state index contributed by atoms with van der Waals surface area (Å²) in [4.78, 5) is 4.74. The molecule has 1 saturated heterocycles. The molecule has 2 rings (SSSR count). The zero-order valence-electron chi connectivity index (χ0n) is 11.6. The molecule has 1 unspecified atom stereocenters. The van der Waals surface area contributed by atoms with Crippen molar-refractivity contribution in [1.29, 1.82) is 0 Å². The molecule has 1 heterocycles. The van der Waals surface area contributed by atoms with Gasteiger partial charge >= 0.3 is 0 Å². The fourth-order valence-electron chi connectivity index (χ4n) is 2.60. The van der Waals surface area contributed by atoms with Crippen molar-refractivity contribution in [2.75, 3.05) is 26.7 Å². The van der Waals surface area contributed by atoms with E-state index >= 15 is 0 Å². The van der Waals surface area contributed by atoms with Gasteiger partial charge in [0.05, 0.1) is 6.61 Å². The molecule has 1 atom stereocenters. The molecule has 0 spiro atoms. The quantitative estimate of drug-likeness (QED) is 0.879. The number of nitrogens with zero attached hydrogens (tertiary/aromatic N) is 2. The maximum Gasteiger partial charge on any atom is 0.0599 e. The average Bonchev–Trinajstić information content (AvgIpc) is 2.34. The second-order valence-electron chi connectivity index (χ2n) is 5.92. The molecule has 0 saturated carbocycles. The fraction of sp³-hybridized carbons (Fsp3) is 0.600. The number of aliphatic hydroxyl groups excluding tert-OH is 1. The predicted octanol–water partition coefficient (Wildman–Crippen LogP) is 1.57. The van der Waals surface area contributed by atoms with Crippen LogP contribution in [-0.2, 0) is 6.54 Å². The fourth-order valence-corrected chi connectivity index (χ4v) is 2.60. The molecule has 1 aromatic carbocycles. The number of hydrogen-bond donors (Lipinski definition) is 1. The minimum Gasteiger partial charge on any atom is -0.395 e. The molecule has 0 aromatic heterocycles. The lowest BCUT2D eigenvalue weighted by Gasteiger charge is -2.49. The molecular weight excluding hydrogens is 224 g/mol. The molecule has 0 aliphatic carbocycles. The highest BCUT2D eigenvalue weighted by Crippen LogP contribution is 2.24. The molecular formula is C15H24N2O. The van der Waals surface area contributed by atoms with E-state index < -0.39 is 0 Å². The monoisotopic (exact) mass is 248 g/mol. The highest BCUT2D eigenvalue weighted by atomic mass is 16.3. The van der Waals surface area contributed by atoms with E-state index in [4.69, 9.17) is 0 Å². The SMILES string of the molecule is CN1CC(CO)N(Cc2ccccc2)CC1(C)C. The second-order valence-corrected chi connectivity index (χ2v) is 5.92. The minimum absolute atomic E-state index is 0.167. The number of likely N-dealkylation sites (N-methyl/N-ethyl adjacent to an activating group) is 1. The van der Waals surface area contributed by atoms with E-state index in [1.54, 1.807) is 0 Å². The summed E-state index contributed by atoms with van der Waals surface area (Å²) in [5, 5.41) is 9.56. The van der Waals surface area contributed by atoms with Crippen LogP contribution >= 0.6 is 0 Å². The summed E-state index contributed by atoms with van der Waals surface area (Å²) in [6, 6.07) is 10.7. The lowest BCUT2D eigenvalue weighted by molar-refractivity contribution is -0.0248.